The Morgan fingerprint density at radius 1 is 1.42 bits per heavy atom. The average Bonchev–Trinajstić information content (AvgIpc) is 2.40. The number of pyridine rings is 1. The van der Waals surface area contributed by atoms with Gasteiger partial charge in [-0.05, 0) is 31.9 Å². The Morgan fingerprint density at radius 2 is 2.16 bits per heavy atom. The molecule has 0 spiro atoms. The smallest absolute Gasteiger partial charge is 0.260 e. The highest BCUT2D eigenvalue weighted by Crippen LogP contribution is 2.19. The number of hydrogen-bond donors (Lipinski definition) is 2. The van der Waals surface area contributed by atoms with Gasteiger partial charge in [-0.15, -0.1) is 0 Å². The minimum absolute atomic E-state index is 0.0586. The molecule has 0 unspecified atom stereocenters. The van der Waals surface area contributed by atoms with Crippen LogP contribution in [0.25, 0.3) is 0 Å². The fraction of sp³-hybridized carbons (Fsp3) is 0.583. The first kappa shape index (κ1) is 14.2. The lowest BCUT2D eigenvalue weighted by Gasteiger charge is -2.23. The fourth-order valence-electron chi connectivity index (χ4n) is 2.02. The third kappa shape index (κ3) is 3.65. The first-order chi connectivity index (χ1) is 9.13. The van der Waals surface area contributed by atoms with Gasteiger partial charge in [0.05, 0.1) is 5.69 Å². The van der Waals surface area contributed by atoms with Crippen molar-refractivity contribution in [1.29, 1.82) is 0 Å². The maximum absolute atomic E-state index is 12.3. The molecule has 1 aromatic heterocycles. The second kappa shape index (κ2) is 6.31. The molecule has 1 fully saturated rings. The van der Waals surface area contributed by atoms with Crippen molar-refractivity contribution in [3.8, 4) is 0 Å². The van der Waals surface area contributed by atoms with E-state index >= 15 is 0 Å². The van der Waals surface area contributed by atoms with Crippen LogP contribution in [0, 0.1) is 0 Å². The Balaban J connectivity index is 2.18. The minimum Gasteiger partial charge on any atom is -0.383 e. The Hall–Kier alpha value is -1.18. The summed E-state index contributed by atoms with van der Waals surface area (Å²) in [4.78, 5) is 3.99. The van der Waals surface area contributed by atoms with E-state index in [2.05, 4.69) is 15.0 Å². The number of rotatable bonds is 5. The standard InChI is InChI=1S/C12H19N3O3S/c1-2-13-11-4-3-7-14-12(11)19(16,17)15-10-5-8-18-9-6-10/h3-4,7,10,13,15H,2,5-6,8-9H2,1H3. The van der Waals surface area contributed by atoms with E-state index < -0.39 is 10.0 Å². The van der Waals surface area contributed by atoms with Gasteiger partial charge < -0.3 is 10.1 Å². The van der Waals surface area contributed by atoms with Crippen LogP contribution in [-0.2, 0) is 14.8 Å². The zero-order chi connectivity index (χ0) is 13.7. The van der Waals surface area contributed by atoms with Crippen LogP contribution in [0.5, 0.6) is 0 Å². The zero-order valence-corrected chi connectivity index (χ0v) is 11.7. The Kier molecular flexibility index (Phi) is 4.73. The van der Waals surface area contributed by atoms with Crippen molar-refractivity contribution in [2.24, 2.45) is 0 Å². The summed E-state index contributed by atoms with van der Waals surface area (Å²) in [6.45, 7) is 3.74. The van der Waals surface area contributed by atoms with Crippen LogP contribution in [0.15, 0.2) is 23.4 Å². The molecular formula is C12H19N3O3S. The number of nitrogens with one attached hydrogen (secondary N) is 2. The molecule has 0 aromatic carbocycles. The van der Waals surface area contributed by atoms with Gasteiger partial charge in [0.2, 0.25) is 0 Å². The normalized spacial score (nSPS) is 17.3. The van der Waals surface area contributed by atoms with Gasteiger partial charge in [-0.2, -0.15) is 0 Å². The van der Waals surface area contributed by atoms with Crippen molar-refractivity contribution >= 4 is 15.7 Å². The Labute approximate surface area is 113 Å². The monoisotopic (exact) mass is 285 g/mol. The van der Waals surface area contributed by atoms with Crippen LogP contribution in [0.2, 0.25) is 0 Å². The van der Waals surface area contributed by atoms with Gasteiger partial charge >= 0.3 is 0 Å². The summed E-state index contributed by atoms with van der Waals surface area (Å²) in [5.41, 5.74) is 0.532. The van der Waals surface area contributed by atoms with Crippen molar-refractivity contribution in [2.45, 2.75) is 30.8 Å². The maximum atomic E-state index is 12.3. The molecule has 1 aromatic rings. The quantitative estimate of drug-likeness (QED) is 0.842. The van der Waals surface area contributed by atoms with E-state index in [1.54, 1.807) is 12.1 Å². The molecule has 2 rings (SSSR count). The van der Waals surface area contributed by atoms with Crippen LogP contribution in [-0.4, -0.2) is 39.2 Å². The van der Waals surface area contributed by atoms with Crippen LogP contribution in [0.3, 0.4) is 0 Å². The molecule has 7 heteroatoms. The van der Waals surface area contributed by atoms with Crippen molar-refractivity contribution in [2.75, 3.05) is 25.1 Å². The summed E-state index contributed by atoms with van der Waals surface area (Å²) >= 11 is 0. The summed E-state index contributed by atoms with van der Waals surface area (Å²) in [5.74, 6) is 0. The second-order valence-electron chi connectivity index (χ2n) is 4.39. The molecular weight excluding hydrogens is 266 g/mol. The summed E-state index contributed by atoms with van der Waals surface area (Å²) in [6.07, 6.45) is 2.88. The molecule has 2 heterocycles. The van der Waals surface area contributed by atoms with Gasteiger partial charge in [-0.1, -0.05) is 0 Å². The van der Waals surface area contributed by atoms with Gasteiger partial charge in [-0.3, -0.25) is 0 Å². The van der Waals surface area contributed by atoms with Crippen molar-refractivity contribution in [3.05, 3.63) is 18.3 Å². The zero-order valence-electron chi connectivity index (χ0n) is 10.9. The number of aromatic nitrogens is 1. The molecule has 0 bridgehead atoms. The van der Waals surface area contributed by atoms with E-state index in [9.17, 15) is 8.42 Å². The molecule has 0 saturated carbocycles. The van der Waals surface area contributed by atoms with Crippen molar-refractivity contribution in [3.63, 3.8) is 0 Å². The molecule has 1 aliphatic rings. The SMILES string of the molecule is CCNc1cccnc1S(=O)(=O)NC1CCOCC1. The summed E-state index contributed by atoms with van der Waals surface area (Å²) in [5, 5.41) is 3.07. The molecule has 1 aliphatic heterocycles. The molecule has 19 heavy (non-hydrogen) atoms. The van der Waals surface area contributed by atoms with E-state index in [-0.39, 0.29) is 11.1 Å². The largest absolute Gasteiger partial charge is 0.383 e. The maximum Gasteiger partial charge on any atom is 0.260 e. The van der Waals surface area contributed by atoms with Crippen molar-refractivity contribution in [1.82, 2.24) is 9.71 Å². The molecule has 0 radical (unpaired) electrons. The summed E-state index contributed by atoms with van der Waals surface area (Å²) < 4.78 is 32.6. The molecule has 106 valence electrons. The highest BCUT2D eigenvalue weighted by Gasteiger charge is 2.25. The molecule has 0 amide bonds. The van der Waals surface area contributed by atoms with Crippen molar-refractivity contribution < 1.29 is 13.2 Å². The third-order valence-corrected chi connectivity index (χ3v) is 4.41. The van der Waals surface area contributed by atoms with Gasteiger partial charge in [-0.25, -0.2) is 18.1 Å². The van der Waals surface area contributed by atoms with E-state index in [4.69, 9.17) is 4.74 Å². The first-order valence-corrected chi connectivity index (χ1v) is 7.91. The number of ether oxygens (including phenoxy) is 1. The lowest BCUT2D eigenvalue weighted by Crippen LogP contribution is -2.39. The Bertz CT molecular complexity index is 513. The fourth-order valence-corrected chi connectivity index (χ4v) is 3.44. The first-order valence-electron chi connectivity index (χ1n) is 6.42. The second-order valence-corrected chi connectivity index (χ2v) is 6.02. The average molecular weight is 285 g/mol. The lowest BCUT2D eigenvalue weighted by atomic mass is 10.1. The highest BCUT2D eigenvalue weighted by molar-refractivity contribution is 7.89. The number of nitrogens with zero attached hydrogens (tertiary/aromatic N) is 1. The molecule has 1 saturated heterocycles. The lowest BCUT2D eigenvalue weighted by molar-refractivity contribution is 0.0832. The van der Waals surface area contributed by atoms with Gasteiger partial charge in [0.15, 0.2) is 5.03 Å². The number of hydrogen-bond acceptors (Lipinski definition) is 5. The van der Waals surface area contributed by atoms with Crippen LogP contribution >= 0.6 is 0 Å². The van der Waals surface area contributed by atoms with Gasteiger partial charge in [0.1, 0.15) is 0 Å². The number of anilines is 1. The van der Waals surface area contributed by atoms with Gasteiger partial charge in [0.25, 0.3) is 10.0 Å². The van der Waals surface area contributed by atoms with Crippen LogP contribution in [0.4, 0.5) is 5.69 Å². The Morgan fingerprint density at radius 3 is 2.84 bits per heavy atom. The number of sulfonamides is 1. The topological polar surface area (TPSA) is 80.3 Å². The third-order valence-electron chi connectivity index (χ3n) is 2.94. The van der Waals surface area contributed by atoms with Gasteiger partial charge in [0, 0.05) is 32.0 Å². The van der Waals surface area contributed by atoms with E-state index in [1.807, 2.05) is 6.92 Å². The predicted molar refractivity (Wildman–Crippen MR) is 72.6 cm³/mol. The minimum atomic E-state index is -3.59. The summed E-state index contributed by atoms with van der Waals surface area (Å²) in [7, 11) is -3.59. The van der Waals surface area contributed by atoms with Crippen LogP contribution in [0.1, 0.15) is 19.8 Å². The predicted octanol–water partition coefficient (Wildman–Crippen LogP) is 0.971. The molecule has 0 aliphatic carbocycles. The molecule has 6 nitrogen and oxygen atoms in total. The molecule has 2 N–H and O–H groups in total. The van der Waals surface area contributed by atoms with E-state index in [1.165, 1.54) is 6.20 Å². The summed E-state index contributed by atoms with van der Waals surface area (Å²) in [6, 6.07) is 3.36. The molecule has 0 atom stereocenters. The van der Waals surface area contributed by atoms with E-state index in [0.29, 0.717) is 38.3 Å². The van der Waals surface area contributed by atoms with Crippen LogP contribution < -0.4 is 10.0 Å². The highest BCUT2D eigenvalue weighted by atomic mass is 32.2. The van der Waals surface area contributed by atoms with E-state index in [0.717, 1.165) is 0 Å².